The van der Waals surface area contributed by atoms with E-state index in [0.717, 1.165) is 6.42 Å². The van der Waals surface area contributed by atoms with Crippen LogP contribution in [0.15, 0.2) is 18.2 Å². The zero-order chi connectivity index (χ0) is 26.9. The van der Waals surface area contributed by atoms with Crippen LogP contribution in [-0.2, 0) is 14.3 Å². The second kappa shape index (κ2) is 13.4. The molecule has 0 radical (unpaired) electrons. The lowest BCUT2D eigenvalue weighted by Crippen LogP contribution is -2.54. The van der Waals surface area contributed by atoms with Gasteiger partial charge in [-0.2, -0.15) is 0 Å². The Hall–Kier alpha value is -2.77. The molecule has 1 rings (SSSR count). The number of benzene rings is 1. The molecule has 0 aromatic heterocycles. The molecular formula is C27H45N3O5. The van der Waals surface area contributed by atoms with E-state index in [1.54, 1.807) is 45.9 Å². The zero-order valence-electron chi connectivity index (χ0n) is 22.9. The molecule has 0 aliphatic heterocycles. The van der Waals surface area contributed by atoms with E-state index in [0.29, 0.717) is 30.5 Å². The minimum absolute atomic E-state index is 0.0220. The Morgan fingerprint density at radius 1 is 1.09 bits per heavy atom. The van der Waals surface area contributed by atoms with Crippen LogP contribution in [0.3, 0.4) is 0 Å². The molecule has 3 N–H and O–H groups in total. The van der Waals surface area contributed by atoms with Gasteiger partial charge in [-0.25, -0.2) is 4.79 Å². The Morgan fingerprint density at radius 3 is 2.23 bits per heavy atom. The molecule has 1 aromatic rings. The van der Waals surface area contributed by atoms with E-state index in [1.807, 2.05) is 34.6 Å². The van der Waals surface area contributed by atoms with E-state index in [4.69, 9.17) is 4.74 Å². The van der Waals surface area contributed by atoms with Crippen LogP contribution in [0.4, 0.5) is 4.79 Å². The number of aryl methyl sites for hydroxylation is 1. The number of rotatable bonds is 11. The fourth-order valence-electron chi connectivity index (χ4n) is 3.75. The van der Waals surface area contributed by atoms with Crippen LogP contribution in [0.1, 0.15) is 91.8 Å². The SMILES string of the molecule is CCCCN(C(=O)C(CC(C)C)NC(=O)OC(C)(C)C)C(C(=O)NC(C)C)c1cccc(C)c1O. The number of phenols is 1. The maximum atomic E-state index is 14.0. The quantitative estimate of drug-likeness (QED) is 0.411. The van der Waals surface area contributed by atoms with Gasteiger partial charge in [-0.3, -0.25) is 9.59 Å². The number of unbranched alkanes of at least 4 members (excludes halogenated alkanes) is 1. The molecule has 0 aliphatic carbocycles. The summed E-state index contributed by atoms with van der Waals surface area (Å²) in [6, 6.07) is 3.08. The van der Waals surface area contributed by atoms with E-state index >= 15 is 0 Å². The molecule has 2 atom stereocenters. The van der Waals surface area contributed by atoms with Gasteiger partial charge in [0.25, 0.3) is 0 Å². The monoisotopic (exact) mass is 491 g/mol. The molecule has 198 valence electrons. The molecule has 0 fully saturated rings. The maximum absolute atomic E-state index is 14.0. The predicted molar refractivity (Wildman–Crippen MR) is 138 cm³/mol. The van der Waals surface area contributed by atoms with Crippen molar-refractivity contribution in [3.8, 4) is 5.75 Å². The molecule has 1 aromatic carbocycles. The molecule has 0 spiro atoms. The topological polar surface area (TPSA) is 108 Å². The maximum Gasteiger partial charge on any atom is 0.408 e. The van der Waals surface area contributed by atoms with Crippen molar-refractivity contribution in [2.75, 3.05) is 6.54 Å². The van der Waals surface area contributed by atoms with Gasteiger partial charge in [0.05, 0.1) is 0 Å². The van der Waals surface area contributed by atoms with Crippen molar-refractivity contribution in [2.24, 2.45) is 5.92 Å². The molecule has 0 saturated carbocycles. The predicted octanol–water partition coefficient (Wildman–Crippen LogP) is 4.83. The van der Waals surface area contributed by atoms with Crippen LogP contribution < -0.4 is 10.6 Å². The summed E-state index contributed by atoms with van der Waals surface area (Å²) >= 11 is 0. The third-order valence-corrected chi connectivity index (χ3v) is 5.29. The standard InChI is InChI=1S/C27H45N3O5/c1-10-11-15-30(25(33)21(16-17(2)3)29-26(34)35-27(7,8)9)22(24(32)28-18(4)5)20-14-12-13-19(6)23(20)31/h12-14,17-18,21-22,31H,10-11,15-16H2,1-9H3,(H,28,32)(H,29,34). The number of hydrogen-bond acceptors (Lipinski definition) is 5. The Balaban J connectivity index is 3.54. The lowest BCUT2D eigenvalue weighted by Gasteiger charge is -2.35. The second-order valence-corrected chi connectivity index (χ2v) is 10.8. The van der Waals surface area contributed by atoms with Gasteiger partial charge in [-0.05, 0) is 65.9 Å². The van der Waals surface area contributed by atoms with Crippen LogP contribution in [0.2, 0.25) is 0 Å². The van der Waals surface area contributed by atoms with E-state index in [-0.39, 0.29) is 29.5 Å². The lowest BCUT2D eigenvalue weighted by atomic mass is 9.97. The number of aromatic hydroxyl groups is 1. The Bertz CT molecular complexity index is 861. The summed E-state index contributed by atoms with van der Waals surface area (Å²) in [5.74, 6) is -0.692. The van der Waals surface area contributed by atoms with Crippen molar-refractivity contribution in [3.63, 3.8) is 0 Å². The number of hydrogen-bond donors (Lipinski definition) is 3. The summed E-state index contributed by atoms with van der Waals surface area (Å²) < 4.78 is 5.40. The summed E-state index contributed by atoms with van der Waals surface area (Å²) in [4.78, 5) is 41.5. The molecule has 8 heteroatoms. The first-order valence-corrected chi connectivity index (χ1v) is 12.6. The number of nitrogens with zero attached hydrogens (tertiary/aromatic N) is 1. The highest BCUT2D eigenvalue weighted by Gasteiger charge is 2.37. The van der Waals surface area contributed by atoms with Gasteiger partial charge in [-0.15, -0.1) is 0 Å². The van der Waals surface area contributed by atoms with Gasteiger partial charge in [0.2, 0.25) is 11.8 Å². The molecule has 3 amide bonds. The molecule has 8 nitrogen and oxygen atoms in total. The number of amides is 3. The summed E-state index contributed by atoms with van der Waals surface area (Å²) in [6.45, 7) is 16.9. The first kappa shape index (κ1) is 30.3. The van der Waals surface area contributed by atoms with Gasteiger partial charge < -0.3 is 25.4 Å². The van der Waals surface area contributed by atoms with Crippen molar-refractivity contribution in [2.45, 2.75) is 105 Å². The van der Waals surface area contributed by atoms with Crippen LogP contribution in [-0.4, -0.2) is 52.1 Å². The summed E-state index contributed by atoms with van der Waals surface area (Å²) in [5, 5.41) is 16.5. The third kappa shape index (κ3) is 9.78. The molecule has 0 heterocycles. The number of carbonyl (C=O) groups excluding carboxylic acids is 3. The highest BCUT2D eigenvalue weighted by Crippen LogP contribution is 2.33. The van der Waals surface area contributed by atoms with Crippen LogP contribution in [0, 0.1) is 12.8 Å². The Kier molecular flexibility index (Phi) is 11.5. The summed E-state index contributed by atoms with van der Waals surface area (Å²) in [6.07, 6.45) is 1.15. The molecule has 0 bridgehead atoms. The van der Waals surface area contributed by atoms with Gasteiger partial charge in [-0.1, -0.05) is 45.4 Å². The first-order valence-electron chi connectivity index (χ1n) is 12.6. The molecule has 35 heavy (non-hydrogen) atoms. The fourth-order valence-corrected chi connectivity index (χ4v) is 3.75. The van der Waals surface area contributed by atoms with Crippen molar-refractivity contribution >= 4 is 17.9 Å². The smallest absolute Gasteiger partial charge is 0.408 e. The van der Waals surface area contributed by atoms with Crippen LogP contribution >= 0.6 is 0 Å². The zero-order valence-corrected chi connectivity index (χ0v) is 22.9. The molecule has 0 saturated heterocycles. The van der Waals surface area contributed by atoms with Gasteiger partial charge in [0.1, 0.15) is 23.4 Å². The lowest BCUT2D eigenvalue weighted by molar-refractivity contribution is -0.143. The first-order chi connectivity index (χ1) is 16.2. The second-order valence-electron chi connectivity index (χ2n) is 10.8. The van der Waals surface area contributed by atoms with Crippen molar-refractivity contribution < 1.29 is 24.2 Å². The Morgan fingerprint density at radius 2 is 1.71 bits per heavy atom. The summed E-state index contributed by atoms with van der Waals surface area (Å²) in [7, 11) is 0. The number of ether oxygens (including phenoxy) is 1. The van der Waals surface area contributed by atoms with E-state index in [2.05, 4.69) is 10.6 Å². The van der Waals surface area contributed by atoms with Crippen molar-refractivity contribution in [1.29, 1.82) is 0 Å². The summed E-state index contributed by atoms with van der Waals surface area (Å²) in [5.41, 5.74) is 0.247. The Labute approximate surface area is 210 Å². The number of phenolic OH excluding ortho intramolecular Hbond substituents is 1. The van der Waals surface area contributed by atoms with Crippen molar-refractivity contribution in [3.05, 3.63) is 29.3 Å². The molecular weight excluding hydrogens is 446 g/mol. The number of nitrogens with one attached hydrogen (secondary N) is 2. The van der Waals surface area contributed by atoms with Crippen LogP contribution in [0.25, 0.3) is 0 Å². The third-order valence-electron chi connectivity index (χ3n) is 5.29. The fraction of sp³-hybridized carbons (Fsp3) is 0.667. The molecule has 0 aliphatic rings. The van der Waals surface area contributed by atoms with Crippen molar-refractivity contribution in [1.82, 2.24) is 15.5 Å². The normalized spacial score (nSPS) is 13.3. The average molecular weight is 492 g/mol. The minimum atomic E-state index is -1.05. The van der Waals surface area contributed by atoms with Gasteiger partial charge in [0, 0.05) is 18.2 Å². The van der Waals surface area contributed by atoms with Gasteiger partial charge >= 0.3 is 6.09 Å². The average Bonchev–Trinajstić information content (AvgIpc) is 2.70. The number of alkyl carbamates (subject to hydrolysis) is 1. The van der Waals surface area contributed by atoms with E-state index in [9.17, 15) is 19.5 Å². The minimum Gasteiger partial charge on any atom is -0.507 e. The highest BCUT2D eigenvalue weighted by atomic mass is 16.6. The van der Waals surface area contributed by atoms with Gasteiger partial charge in [0.15, 0.2) is 0 Å². The number of carbonyl (C=O) groups is 3. The largest absolute Gasteiger partial charge is 0.507 e. The van der Waals surface area contributed by atoms with E-state index < -0.39 is 23.8 Å². The van der Waals surface area contributed by atoms with E-state index in [1.165, 1.54) is 4.90 Å². The molecule has 2 unspecified atom stereocenters. The number of para-hydroxylation sites is 1. The highest BCUT2D eigenvalue weighted by molar-refractivity contribution is 5.92. The van der Waals surface area contributed by atoms with Crippen LogP contribution in [0.5, 0.6) is 5.75 Å².